The maximum absolute atomic E-state index is 2.49. The molecule has 0 spiro atoms. The van der Waals surface area contributed by atoms with Crippen molar-refractivity contribution in [3.8, 4) is 0 Å². The molecule has 0 fully saturated rings. The molecule has 0 heterocycles. The van der Waals surface area contributed by atoms with Gasteiger partial charge in [-0.3, -0.25) is 0 Å². The van der Waals surface area contributed by atoms with Gasteiger partial charge in [-0.15, -0.1) is 5.70 Å². The zero-order valence-corrected chi connectivity index (χ0v) is 14.7. The smallest absolute Gasteiger partial charge is 0.0586 e. The summed E-state index contributed by atoms with van der Waals surface area (Å²) in [4.78, 5) is 0. The lowest BCUT2D eigenvalue weighted by molar-refractivity contribution is 1.14. The molecule has 0 saturated carbocycles. The van der Waals surface area contributed by atoms with Crippen molar-refractivity contribution in [1.29, 1.82) is 0 Å². The van der Waals surface area contributed by atoms with Gasteiger partial charge in [0.25, 0.3) is 0 Å². The lowest BCUT2D eigenvalue weighted by Crippen LogP contribution is -2.09. The Morgan fingerprint density at radius 3 is 2.27 bits per heavy atom. The van der Waals surface area contributed by atoms with E-state index in [0.717, 1.165) is 0 Å². The van der Waals surface area contributed by atoms with E-state index in [4.69, 9.17) is 0 Å². The van der Waals surface area contributed by atoms with Crippen LogP contribution >= 0.6 is 0 Å². The van der Waals surface area contributed by atoms with Gasteiger partial charge in [0.2, 0.25) is 0 Å². The Balaban J connectivity index is 2.14. The molecule has 1 heteroatoms. The minimum Gasteiger partial charge on any atom is -0.102 e. The molecule has 3 rings (SSSR count). The Hall–Kier alpha value is -2.12. The zero-order valence-electron chi connectivity index (χ0n) is 13.3. The van der Waals surface area contributed by atoms with E-state index < -0.39 is 0 Å². The molecule has 0 saturated heterocycles. The van der Waals surface area contributed by atoms with Crippen LogP contribution in [0.2, 0.25) is 0 Å². The Bertz CT molecular complexity index is 778. The minimum atomic E-state index is -0.369. The van der Waals surface area contributed by atoms with Gasteiger partial charge in [0.15, 0.2) is 0 Å². The first-order valence-electron chi connectivity index (χ1n) is 7.91. The van der Waals surface area contributed by atoms with E-state index >= 15 is 0 Å². The molecule has 0 N–H and O–H groups in total. The van der Waals surface area contributed by atoms with Gasteiger partial charge >= 0.3 is 0 Å². The highest BCUT2D eigenvalue weighted by Gasteiger charge is 2.15. The number of hydrogen-bond donors (Lipinski definition) is 0. The van der Waals surface area contributed by atoms with Crippen LogP contribution in [0, 0.1) is 0 Å². The second kappa shape index (κ2) is 6.76. The molecule has 1 unspecified atom stereocenters. The van der Waals surface area contributed by atoms with Gasteiger partial charge in [0.05, 0.1) is 9.52 Å². The highest BCUT2D eigenvalue weighted by atomic mass is 28.2. The van der Waals surface area contributed by atoms with Crippen molar-refractivity contribution in [3.05, 3.63) is 95.2 Å². The molecule has 0 amide bonds. The van der Waals surface area contributed by atoms with Crippen LogP contribution in [0.3, 0.4) is 0 Å². The van der Waals surface area contributed by atoms with Crippen molar-refractivity contribution in [2.24, 2.45) is 0 Å². The predicted octanol–water partition coefficient (Wildman–Crippen LogP) is 5.02. The van der Waals surface area contributed by atoms with Gasteiger partial charge in [-0.1, -0.05) is 78.4 Å². The normalized spacial score (nSPS) is 12.6. The third kappa shape index (κ3) is 3.20. The molecule has 0 nitrogen and oxygen atoms in total. The fourth-order valence-corrected chi connectivity index (χ4v) is 4.90. The molecular formula is C21H22Si. The van der Waals surface area contributed by atoms with Crippen LogP contribution in [-0.2, 0) is 0 Å². The standard InChI is InChI=1S/C21H22Si/c1-16(2)15-22-21(18-10-4-3-5-11-18)20-14-8-12-17-9-6-7-13-19(17)20/h3-15,21H,22H2,1-2H3. The highest BCUT2D eigenvalue weighted by molar-refractivity contribution is 6.45. The summed E-state index contributed by atoms with van der Waals surface area (Å²) in [5.41, 5.74) is 7.39. The summed E-state index contributed by atoms with van der Waals surface area (Å²) in [6.45, 7) is 4.41. The van der Waals surface area contributed by atoms with Gasteiger partial charge in [-0.25, -0.2) is 0 Å². The summed E-state index contributed by atoms with van der Waals surface area (Å²) in [6.07, 6.45) is 0. The fraction of sp³-hybridized carbons (Fsp3) is 0.143. The van der Waals surface area contributed by atoms with Crippen molar-refractivity contribution in [2.75, 3.05) is 0 Å². The number of fused-ring (bicyclic) bond motifs is 1. The van der Waals surface area contributed by atoms with E-state index in [0.29, 0.717) is 5.54 Å². The van der Waals surface area contributed by atoms with E-state index in [1.165, 1.54) is 27.5 Å². The molecule has 22 heavy (non-hydrogen) atoms. The van der Waals surface area contributed by atoms with Gasteiger partial charge < -0.3 is 0 Å². The lowest BCUT2D eigenvalue weighted by Gasteiger charge is -2.18. The first-order valence-corrected chi connectivity index (χ1v) is 9.55. The van der Waals surface area contributed by atoms with Gasteiger partial charge in [-0.05, 0) is 35.7 Å². The number of benzene rings is 3. The Labute approximate surface area is 135 Å². The molecule has 0 bridgehead atoms. The Morgan fingerprint density at radius 2 is 1.50 bits per heavy atom. The number of rotatable bonds is 4. The minimum absolute atomic E-state index is 0.369. The molecular weight excluding hydrogens is 280 g/mol. The first-order chi connectivity index (χ1) is 10.8. The second-order valence-electron chi connectivity index (χ2n) is 6.05. The average Bonchev–Trinajstić information content (AvgIpc) is 2.56. The summed E-state index contributed by atoms with van der Waals surface area (Å²) in [5, 5.41) is 2.74. The largest absolute Gasteiger partial charge is 0.102 e. The van der Waals surface area contributed by atoms with E-state index in [2.05, 4.69) is 92.3 Å². The molecule has 3 aromatic carbocycles. The average molecular weight is 302 g/mol. The van der Waals surface area contributed by atoms with Crippen molar-refractivity contribution < 1.29 is 0 Å². The van der Waals surface area contributed by atoms with Crippen molar-refractivity contribution in [1.82, 2.24) is 0 Å². The molecule has 0 aliphatic rings. The fourth-order valence-electron chi connectivity index (χ4n) is 3.04. The van der Waals surface area contributed by atoms with Crippen molar-refractivity contribution in [2.45, 2.75) is 19.4 Å². The molecule has 0 radical (unpaired) electrons. The summed E-state index contributed by atoms with van der Waals surface area (Å²) in [6, 6.07) is 26.4. The van der Waals surface area contributed by atoms with Gasteiger partial charge in [-0.2, -0.15) is 0 Å². The summed E-state index contributed by atoms with van der Waals surface area (Å²) < 4.78 is 0. The van der Waals surface area contributed by atoms with Crippen LogP contribution in [0.1, 0.15) is 30.5 Å². The van der Waals surface area contributed by atoms with Crippen LogP contribution in [0.4, 0.5) is 0 Å². The van der Waals surface area contributed by atoms with Gasteiger partial charge in [0, 0.05) is 5.54 Å². The monoisotopic (exact) mass is 302 g/mol. The summed E-state index contributed by atoms with van der Waals surface area (Å²) >= 11 is 0. The van der Waals surface area contributed by atoms with E-state index in [1.807, 2.05) is 0 Å². The third-order valence-corrected chi connectivity index (χ3v) is 6.60. The Kier molecular flexibility index (Phi) is 4.55. The van der Waals surface area contributed by atoms with E-state index in [1.54, 1.807) is 0 Å². The zero-order chi connectivity index (χ0) is 15.4. The maximum atomic E-state index is 2.49. The quantitative estimate of drug-likeness (QED) is 0.594. The second-order valence-corrected chi connectivity index (χ2v) is 7.74. The van der Waals surface area contributed by atoms with Gasteiger partial charge in [0.1, 0.15) is 0 Å². The van der Waals surface area contributed by atoms with Crippen molar-refractivity contribution >= 4 is 20.3 Å². The van der Waals surface area contributed by atoms with E-state index in [-0.39, 0.29) is 9.52 Å². The van der Waals surface area contributed by atoms with Crippen molar-refractivity contribution in [3.63, 3.8) is 0 Å². The Morgan fingerprint density at radius 1 is 0.818 bits per heavy atom. The molecule has 3 aromatic rings. The number of allylic oxidation sites excluding steroid dienone is 1. The number of hydrogen-bond acceptors (Lipinski definition) is 0. The van der Waals surface area contributed by atoms with Crippen LogP contribution in [0.15, 0.2) is 84.1 Å². The van der Waals surface area contributed by atoms with Crippen LogP contribution in [-0.4, -0.2) is 9.52 Å². The van der Waals surface area contributed by atoms with Crippen LogP contribution in [0.25, 0.3) is 10.8 Å². The molecule has 1 atom stereocenters. The van der Waals surface area contributed by atoms with E-state index in [9.17, 15) is 0 Å². The molecule has 0 aliphatic heterocycles. The summed E-state index contributed by atoms with van der Waals surface area (Å²) in [7, 11) is -0.369. The highest BCUT2D eigenvalue weighted by Crippen LogP contribution is 2.30. The molecule has 110 valence electrons. The lowest BCUT2D eigenvalue weighted by atomic mass is 9.98. The maximum Gasteiger partial charge on any atom is 0.0586 e. The summed E-state index contributed by atoms with van der Waals surface area (Å²) in [5.74, 6) is 0. The molecule has 0 aliphatic carbocycles. The topological polar surface area (TPSA) is 0 Å². The third-order valence-electron chi connectivity index (χ3n) is 4.16. The first kappa shape index (κ1) is 14.8. The van der Waals surface area contributed by atoms with Crippen LogP contribution in [0.5, 0.6) is 0 Å². The molecule has 0 aromatic heterocycles. The predicted molar refractivity (Wildman–Crippen MR) is 100 cm³/mol. The SMILES string of the molecule is CC(C)=C[SiH2]C(c1ccccc1)c1cccc2ccccc12. The van der Waals surface area contributed by atoms with Crippen LogP contribution < -0.4 is 0 Å².